The maximum Gasteiger partial charge on any atom is 0.172 e. The molecule has 1 aromatic heterocycles. The van der Waals surface area contributed by atoms with Crippen LogP contribution in [0.15, 0.2) is 24.5 Å². The van der Waals surface area contributed by atoms with Crippen molar-refractivity contribution in [3.05, 3.63) is 30.1 Å². The fourth-order valence-corrected chi connectivity index (χ4v) is 1.42. The molecule has 1 nitrogen and oxygen atoms in total. The van der Waals surface area contributed by atoms with Crippen LogP contribution in [0.5, 0.6) is 0 Å². The second-order valence-electron chi connectivity index (χ2n) is 4.38. The van der Waals surface area contributed by atoms with Gasteiger partial charge < -0.3 is 0 Å². The summed E-state index contributed by atoms with van der Waals surface area (Å²) in [5.41, 5.74) is 1.42. The summed E-state index contributed by atoms with van der Waals surface area (Å²) in [5.74, 6) is 1.34. The normalized spacial score (nSPS) is 11.2. The number of rotatable bonds is 3. The molecule has 72 valence electrons. The van der Waals surface area contributed by atoms with Gasteiger partial charge in [0.2, 0.25) is 0 Å². The molecule has 0 unspecified atom stereocenters. The maximum atomic E-state index is 2.28. The minimum atomic E-state index is 0.625. The van der Waals surface area contributed by atoms with Crippen LogP contribution in [0.25, 0.3) is 0 Å². The third-order valence-electron chi connectivity index (χ3n) is 2.12. The summed E-state index contributed by atoms with van der Waals surface area (Å²) in [6.07, 6.45) is 4.40. The lowest BCUT2D eigenvalue weighted by Crippen LogP contribution is -2.35. The lowest BCUT2D eigenvalue weighted by Gasteiger charge is -2.04. The van der Waals surface area contributed by atoms with Gasteiger partial charge in [0.15, 0.2) is 18.9 Å². The Morgan fingerprint density at radius 3 is 2.46 bits per heavy atom. The predicted octanol–water partition coefficient (Wildman–Crippen LogP) is 2.75. The molecule has 0 saturated heterocycles. The van der Waals surface area contributed by atoms with Gasteiger partial charge in [-0.1, -0.05) is 27.7 Å². The number of pyridine rings is 1. The van der Waals surface area contributed by atoms with Gasteiger partial charge in [0, 0.05) is 17.5 Å². The molecular weight excluding hydrogens is 158 g/mol. The molecule has 0 aliphatic rings. The molecule has 0 N–H and O–H groups in total. The van der Waals surface area contributed by atoms with E-state index in [1.54, 1.807) is 0 Å². The highest BCUT2D eigenvalue weighted by atomic mass is 14.9. The molecule has 0 aromatic carbocycles. The third-order valence-corrected chi connectivity index (χ3v) is 2.12. The fourth-order valence-electron chi connectivity index (χ4n) is 1.42. The minimum Gasteiger partial charge on any atom is -0.205 e. The number of hydrogen-bond donors (Lipinski definition) is 0. The average molecular weight is 178 g/mol. The van der Waals surface area contributed by atoms with E-state index in [-0.39, 0.29) is 0 Å². The first-order chi connectivity index (χ1) is 6.09. The second-order valence-corrected chi connectivity index (χ2v) is 4.38. The lowest BCUT2D eigenvalue weighted by molar-refractivity contribution is -0.702. The zero-order valence-corrected chi connectivity index (χ0v) is 9.12. The van der Waals surface area contributed by atoms with E-state index in [9.17, 15) is 0 Å². The molecule has 1 heterocycles. The van der Waals surface area contributed by atoms with Crippen LogP contribution in [-0.2, 0) is 6.54 Å². The van der Waals surface area contributed by atoms with Crippen molar-refractivity contribution in [3.8, 4) is 0 Å². The van der Waals surface area contributed by atoms with E-state index >= 15 is 0 Å². The van der Waals surface area contributed by atoms with Crippen LogP contribution < -0.4 is 4.57 Å². The van der Waals surface area contributed by atoms with Crippen LogP contribution in [0, 0.1) is 5.92 Å². The van der Waals surface area contributed by atoms with Crippen molar-refractivity contribution in [1.29, 1.82) is 0 Å². The highest BCUT2D eigenvalue weighted by Gasteiger charge is 2.07. The molecule has 0 fully saturated rings. The van der Waals surface area contributed by atoms with Gasteiger partial charge in [-0.15, -0.1) is 0 Å². The Kier molecular flexibility index (Phi) is 3.47. The van der Waals surface area contributed by atoms with Crippen LogP contribution in [0.2, 0.25) is 0 Å². The Hall–Kier alpha value is -0.850. The molecule has 0 saturated carbocycles. The van der Waals surface area contributed by atoms with Gasteiger partial charge in [-0.2, -0.15) is 0 Å². The molecule has 1 rings (SSSR count). The molecule has 0 bridgehead atoms. The number of nitrogens with zero attached hydrogens (tertiary/aromatic N) is 1. The van der Waals surface area contributed by atoms with E-state index in [1.165, 1.54) is 5.56 Å². The molecule has 1 heteroatoms. The molecule has 0 amide bonds. The topological polar surface area (TPSA) is 3.88 Å². The van der Waals surface area contributed by atoms with Crippen LogP contribution in [0.3, 0.4) is 0 Å². The summed E-state index contributed by atoms with van der Waals surface area (Å²) in [4.78, 5) is 0. The molecule has 0 aliphatic carbocycles. The smallest absolute Gasteiger partial charge is 0.172 e. The molecular formula is C12H20N+. The molecule has 1 aromatic rings. The minimum absolute atomic E-state index is 0.625. The Morgan fingerprint density at radius 1 is 1.23 bits per heavy atom. The lowest BCUT2D eigenvalue weighted by atomic mass is 10.1. The molecule has 0 radical (unpaired) electrons. The zero-order chi connectivity index (χ0) is 9.84. The molecule has 0 atom stereocenters. The summed E-state index contributed by atoms with van der Waals surface area (Å²) in [6.45, 7) is 10.1. The first kappa shape index (κ1) is 10.2. The van der Waals surface area contributed by atoms with Gasteiger partial charge in [-0.3, -0.25) is 0 Å². The van der Waals surface area contributed by atoms with Crippen molar-refractivity contribution in [2.45, 2.75) is 40.2 Å². The van der Waals surface area contributed by atoms with Gasteiger partial charge in [-0.25, -0.2) is 4.57 Å². The Balaban J connectivity index is 2.79. The van der Waals surface area contributed by atoms with Crippen molar-refractivity contribution in [2.75, 3.05) is 0 Å². The van der Waals surface area contributed by atoms with Gasteiger partial charge in [0.1, 0.15) is 0 Å². The zero-order valence-electron chi connectivity index (χ0n) is 9.12. The van der Waals surface area contributed by atoms with E-state index in [1.807, 2.05) is 0 Å². The highest BCUT2D eigenvalue weighted by Crippen LogP contribution is 2.10. The highest BCUT2D eigenvalue weighted by molar-refractivity contribution is 5.09. The SMILES string of the molecule is CC(C)C[n+]1cccc(C(C)C)c1. The summed E-state index contributed by atoms with van der Waals surface area (Å²) >= 11 is 0. The van der Waals surface area contributed by atoms with Crippen molar-refractivity contribution >= 4 is 0 Å². The number of aromatic nitrogens is 1. The van der Waals surface area contributed by atoms with Gasteiger partial charge >= 0.3 is 0 Å². The van der Waals surface area contributed by atoms with E-state index in [4.69, 9.17) is 0 Å². The van der Waals surface area contributed by atoms with Crippen LogP contribution in [0.1, 0.15) is 39.2 Å². The second kappa shape index (κ2) is 4.40. The van der Waals surface area contributed by atoms with E-state index in [2.05, 4.69) is 56.8 Å². The molecule has 13 heavy (non-hydrogen) atoms. The fraction of sp³-hybridized carbons (Fsp3) is 0.583. The summed E-state index contributed by atoms with van der Waals surface area (Å²) < 4.78 is 2.28. The average Bonchev–Trinajstić information content (AvgIpc) is 2.03. The van der Waals surface area contributed by atoms with E-state index in [0.29, 0.717) is 11.8 Å². The van der Waals surface area contributed by atoms with Gasteiger partial charge in [0.05, 0.1) is 0 Å². The van der Waals surface area contributed by atoms with Crippen molar-refractivity contribution in [2.24, 2.45) is 5.92 Å². The largest absolute Gasteiger partial charge is 0.205 e. The molecule has 0 spiro atoms. The van der Waals surface area contributed by atoms with Gasteiger partial charge in [0.25, 0.3) is 0 Å². The van der Waals surface area contributed by atoms with Crippen molar-refractivity contribution in [1.82, 2.24) is 0 Å². The van der Waals surface area contributed by atoms with Crippen LogP contribution >= 0.6 is 0 Å². The Morgan fingerprint density at radius 2 is 1.92 bits per heavy atom. The Labute approximate surface area is 81.4 Å². The first-order valence-electron chi connectivity index (χ1n) is 5.08. The third kappa shape index (κ3) is 3.17. The van der Waals surface area contributed by atoms with Crippen molar-refractivity contribution in [3.63, 3.8) is 0 Å². The predicted molar refractivity (Wildman–Crippen MR) is 55.6 cm³/mol. The van der Waals surface area contributed by atoms with Gasteiger partial charge in [-0.05, 0) is 12.0 Å². The van der Waals surface area contributed by atoms with Crippen molar-refractivity contribution < 1.29 is 4.57 Å². The van der Waals surface area contributed by atoms with Crippen LogP contribution in [0.4, 0.5) is 0 Å². The summed E-state index contributed by atoms with van der Waals surface area (Å²) in [7, 11) is 0. The quantitative estimate of drug-likeness (QED) is 0.627. The first-order valence-corrected chi connectivity index (χ1v) is 5.08. The standard InChI is InChI=1S/C12H20N/c1-10(2)8-13-7-5-6-12(9-13)11(3)4/h5-7,9-11H,8H2,1-4H3/q+1. The Bertz CT molecular complexity index is 264. The summed E-state index contributed by atoms with van der Waals surface area (Å²) in [6, 6.07) is 4.33. The van der Waals surface area contributed by atoms with Crippen LogP contribution in [-0.4, -0.2) is 0 Å². The molecule has 0 aliphatic heterocycles. The summed E-state index contributed by atoms with van der Waals surface area (Å²) in [5, 5.41) is 0. The monoisotopic (exact) mass is 178 g/mol. The van der Waals surface area contributed by atoms with E-state index in [0.717, 1.165) is 6.54 Å². The maximum absolute atomic E-state index is 2.28. The van der Waals surface area contributed by atoms with E-state index < -0.39 is 0 Å². The number of hydrogen-bond acceptors (Lipinski definition) is 0.